The summed E-state index contributed by atoms with van der Waals surface area (Å²) in [6.45, 7) is 7.47. The number of aromatic nitrogens is 1. The summed E-state index contributed by atoms with van der Waals surface area (Å²) >= 11 is 0. The average Bonchev–Trinajstić information content (AvgIpc) is 2.72. The van der Waals surface area contributed by atoms with Crippen molar-refractivity contribution in [3.8, 4) is 0 Å². The van der Waals surface area contributed by atoms with Gasteiger partial charge >= 0.3 is 0 Å². The van der Waals surface area contributed by atoms with Crippen LogP contribution in [0.5, 0.6) is 0 Å². The first-order valence-corrected chi connectivity index (χ1v) is 10.5. The fourth-order valence-electron chi connectivity index (χ4n) is 3.48. The number of aryl methyl sites for hydroxylation is 2. The van der Waals surface area contributed by atoms with Gasteiger partial charge in [-0.15, -0.1) is 0 Å². The number of carbonyl (C=O) groups is 1. The summed E-state index contributed by atoms with van der Waals surface area (Å²) in [7, 11) is 1.88. The standard InChI is InChI=1S/C25H28F2N4O/c1-5-31(4)25-22(29-24(32)13-18-11-19(26)14-20(27)12-18)9-10-23(30-25)28-15-21-16(2)7-6-8-17(21)3/h6-12,14H,5,13,15H2,1-4H3,(H,28,30)(H,29,32). The molecule has 0 aliphatic rings. The van der Waals surface area contributed by atoms with Crippen molar-refractivity contribution < 1.29 is 13.6 Å². The summed E-state index contributed by atoms with van der Waals surface area (Å²) in [5.41, 5.74) is 4.45. The molecule has 0 aliphatic carbocycles. The summed E-state index contributed by atoms with van der Waals surface area (Å²) < 4.78 is 26.8. The lowest BCUT2D eigenvalue weighted by molar-refractivity contribution is -0.115. The van der Waals surface area contributed by atoms with E-state index in [0.717, 1.165) is 18.2 Å². The average molecular weight is 439 g/mol. The third kappa shape index (κ3) is 5.81. The van der Waals surface area contributed by atoms with Crippen molar-refractivity contribution in [1.82, 2.24) is 4.98 Å². The van der Waals surface area contributed by atoms with Crippen LogP contribution in [0, 0.1) is 25.5 Å². The Morgan fingerprint density at radius 3 is 2.31 bits per heavy atom. The van der Waals surface area contributed by atoms with Gasteiger partial charge in [-0.2, -0.15) is 0 Å². The number of hydrogen-bond acceptors (Lipinski definition) is 4. The quantitative estimate of drug-likeness (QED) is 0.506. The van der Waals surface area contributed by atoms with E-state index in [-0.39, 0.29) is 17.9 Å². The molecule has 0 aliphatic heterocycles. The van der Waals surface area contributed by atoms with Crippen LogP contribution in [-0.4, -0.2) is 24.5 Å². The number of anilines is 3. The van der Waals surface area contributed by atoms with Gasteiger partial charge < -0.3 is 15.5 Å². The van der Waals surface area contributed by atoms with Crippen LogP contribution >= 0.6 is 0 Å². The predicted octanol–water partition coefficient (Wildman–Crippen LogP) is 5.23. The van der Waals surface area contributed by atoms with Crippen LogP contribution in [0.25, 0.3) is 0 Å². The molecule has 32 heavy (non-hydrogen) atoms. The number of benzene rings is 2. The first-order chi connectivity index (χ1) is 15.3. The van der Waals surface area contributed by atoms with Crippen molar-refractivity contribution in [3.05, 3.63) is 82.4 Å². The number of hydrogen-bond donors (Lipinski definition) is 2. The Hall–Kier alpha value is -3.48. The maximum atomic E-state index is 13.4. The molecule has 3 aromatic rings. The van der Waals surface area contributed by atoms with E-state index in [0.29, 0.717) is 30.4 Å². The second kappa shape index (κ2) is 10.2. The number of amides is 1. The monoisotopic (exact) mass is 438 g/mol. The molecule has 0 saturated carbocycles. The van der Waals surface area contributed by atoms with Gasteiger partial charge in [0.2, 0.25) is 5.91 Å². The van der Waals surface area contributed by atoms with E-state index in [9.17, 15) is 13.6 Å². The number of rotatable bonds is 8. The third-order valence-corrected chi connectivity index (χ3v) is 5.36. The van der Waals surface area contributed by atoms with Crippen LogP contribution in [0.1, 0.15) is 29.2 Å². The van der Waals surface area contributed by atoms with Gasteiger partial charge in [0.1, 0.15) is 17.5 Å². The molecular weight excluding hydrogens is 410 g/mol. The first kappa shape index (κ1) is 23.2. The molecule has 168 valence electrons. The lowest BCUT2D eigenvalue weighted by Crippen LogP contribution is -2.22. The maximum Gasteiger partial charge on any atom is 0.228 e. The van der Waals surface area contributed by atoms with Crippen LogP contribution in [0.3, 0.4) is 0 Å². The lowest BCUT2D eigenvalue weighted by atomic mass is 10.0. The van der Waals surface area contributed by atoms with E-state index in [1.807, 2.05) is 24.9 Å². The Labute approximate surface area is 187 Å². The van der Waals surface area contributed by atoms with E-state index in [1.54, 1.807) is 12.1 Å². The van der Waals surface area contributed by atoms with Crippen molar-refractivity contribution >= 4 is 23.2 Å². The molecule has 5 nitrogen and oxygen atoms in total. The van der Waals surface area contributed by atoms with E-state index < -0.39 is 11.6 Å². The van der Waals surface area contributed by atoms with Crippen LogP contribution in [0.15, 0.2) is 48.5 Å². The van der Waals surface area contributed by atoms with E-state index in [2.05, 4.69) is 41.6 Å². The minimum atomic E-state index is -0.708. The molecule has 0 unspecified atom stereocenters. The minimum absolute atomic E-state index is 0.142. The van der Waals surface area contributed by atoms with Crippen LogP contribution in [0.4, 0.5) is 26.1 Å². The normalized spacial score (nSPS) is 10.7. The number of pyridine rings is 1. The molecule has 2 N–H and O–H groups in total. The fourth-order valence-corrected chi connectivity index (χ4v) is 3.48. The molecule has 0 bridgehead atoms. The highest BCUT2D eigenvalue weighted by atomic mass is 19.1. The third-order valence-electron chi connectivity index (χ3n) is 5.36. The minimum Gasteiger partial charge on any atom is -0.366 e. The van der Waals surface area contributed by atoms with Crippen LogP contribution in [0.2, 0.25) is 0 Å². The molecule has 2 aromatic carbocycles. The van der Waals surface area contributed by atoms with Crippen LogP contribution in [-0.2, 0) is 17.8 Å². The second-order valence-electron chi connectivity index (χ2n) is 7.81. The summed E-state index contributed by atoms with van der Waals surface area (Å²) in [5, 5.41) is 6.18. The second-order valence-corrected chi connectivity index (χ2v) is 7.81. The van der Waals surface area contributed by atoms with Crippen molar-refractivity contribution in [2.24, 2.45) is 0 Å². The van der Waals surface area contributed by atoms with Crippen molar-refractivity contribution in [2.45, 2.75) is 33.7 Å². The number of nitrogens with one attached hydrogen (secondary N) is 2. The molecule has 7 heteroatoms. The molecule has 1 heterocycles. The molecule has 1 aromatic heterocycles. The smallest absolute Gasteiger partial charge is 0.228 e. The molecule has 0 atom stereocenters. The van der Waals surface area contributed by atoms with Gasteiger partial charge in [0.15, 0.2) is 5.82 Å². The Balaban J connectivity index is 1.76. The topological polar surface area (TPSA) is 57.3 Å². The highest BCUT2D eigenvalue weighted by molar-refractivity contribution is 5.95. The summed E-state index contributed by atoms with van der Waals surface area (Å²) in [5.74, 6) is -0.495. The zero-order valence-corrected chi connectivity index (χ0v) is 18.8. The molecule has 1 amide bonds. The number of nitrogens with zero attached hydrogens (tertiary/aromatic N) is 2. The van der Waals surface area contributed by atoms with E-state index in [4.69, 9.17) is 0 Å². The lowest BCUT2D eigenvalue weighted by Gasteiger charge is -2.21. The van der Waals surface area contributed by atoms with E-state index in [1.165, 1.54) is 16.7 Å². The Morgan fingerprint density at radius 2 is 1.69 bits per heavy atom. The number of halogens is 2. The number of carbonyl (C=O) groups excluding carboxylic acids is 1. The molecule has 0 fully saturated rings. The van der Waals surface area contributed by atoms with Crippen LogP contribution < -0.4 is 15.5 Å². The maximum absolute atomic E-state index is 13.4. The zero-order valence-electron chi connectivity index (χ0n) is 18.8. The predicted molar refractivity (Wildman–Crippen MR) is 125 cm³/mol. The largest absolute Gasteiger partial charge is 0.366 e. The van der Waals surface area contributed by atoms with Gasteiger partial charge in [0.25, 0.3) is 0 Å². The van der Waals surface area contributed by atoms with Gasteiger partial charge in [-0.05, 0) is 67.3 Å². The van der Waals surface area contributed by atoms with Crippen molar-refractivity contribution in [2.75, 3.05) is 29.1 Å². The highest BCUT2D eigenvalue weighted by Crippen LogP contribution is 2.26. The Kier molecular flexibility index (Phi) is 7.41. The highest BCUT2D eigenvalue weighted by Gasteiger charge is 2.14. The first-order valence-electron chi connectivity index (χ1n) is 10.5. The van der Waals surface area contributed by atoms with Gasteiger partial charge in [-0.1, -0.05) is 18.2 Å². The van der Waals surface area contributed by atoms with E-state index >= 15 is 0 Å². The molecule has 3 rings (SSSR count). The van der Waals surface area contributed by atoms with Gasteiger partial charge in [0, 0.05) is 26.2 Å². The Bertz CT molecular complexity index is 1080. The van der Waals surface area contributed by atoms with Crippen molar-refractivity contribution in [1.29, 1.82) is 0 Å². The van der Waals surface area contributed by atoms with Gasteiger partial charge in [-0.3, -0.25) is 4.79 Å². The molecule has 0 spiro atoms. The molecule has 0 radical (unpaired) electrons. The molecule has 0 saturated heterocycles. The van der Waals surface area contributed by atoms with Gasteiger partial charge in [-0.25, -0.2) is 13.8 Å². The van der Waals surface area contributed by atoms with Crippen molar-refractivity contribution in [3.63, 3.8) is 0 Å². The fraction of sp³-hybridized carbons (Fsp3) is 0.280. The molecular formula is C25H28F2N4O. The van der Waals surface area contributed by atoms with Gasteiger partial charge in [0.05, 0.1) is 12.1 Å². The summed E-state index contributed by atoms with van der Waals surface area (Å²) in [6.07, 6.45) is -0.142. The summed E-state index contributed by atoms with van der Waals surface area (Å²) in [6, 6.07) is 12.9. The zero-order chi connectivity index (χ0) is 23.3. The Morgan fingerprint density at radius 1 is 1.03 bits per heavy atom. The summed E-state index contributed by atoms with van der Waals surface area (Å²) in [4.78, 5) is 19.1. The SMILES string of the molecule is CCN(C)c1nc(NCc2c(C)cccc2C)ccc1NC(=O)Cc1cc(F)cc(F)c1.